The van der Waals surface area contributed by atoms with E-state index in [1.165, 1.54) is 6.07 Å². The second kappa shape index (κ2) is 5.17. The van der Waals surface area contributed by atoms with Crippen molar-refractivity contribution in [3.8, 4) is 11.1 Å². The second-order valence-electron chi connectivity index (χ2n) is 4.61. The maximum atomic E-state index is 13.6. The monoisotopic (exact) mass is 267 g/mol. The van der Waals surface area contributed by atoms with E-state index in [1.54, 1.807) is 23.0 Å². The quantitative estimate of drug-likeness (QED) is 0.740. The van der Waals surface area contributed by atoms with Gasteiger partial charge in [0.15, 0.2) is 0 Å². The molecular formula is C16H14FN3. The van der Waals surface area contributed by atoms with E-state index in [-0.39, 0.29) is 5.82 Å². The van der Waals surface area contributed by atoms with Crippen LogP contribution in [-0.4, -0.2) is 9.78 Å². The van der Waals surface area contributed by atoms with Gasteiger partial charge in [0.2, 0.25) is 0 Å². The molecular weight excluding hydrogens is 253 g/mol. The number of hydrogen-bond acceptors (Lipinski definition) is 2. The maximum Gasteiger partial charge on any atom is 0.128 e. The van der Waals surface area contributed by atoms with E-state index < -0.39 is 0 Å². The molecule has 3 rings (SSSR count). The third-order valence-electron chi connectivity index (χ3n) is 3.20. The van der Waals surface area contributed by atoms with Crippen LogP contribution in [0.15, 0.2) is 60.9 Å². The number of benzene rings is 2. The molecule has 4 heteroatoms. The Balaban J connectivity index is 1.88. The normalized spacial score (nSPS) is 10.7. The van der Waals surface area contributed by atoms with Crippen molar-refractivity contribution in [1.82, 2.24) is 9.78 Å². The maximum absolute atomic E-state index is 13.6. The summed E-state index contributed by atoms with van der Waals surface area (Å²) in [5.74, 6) is -0.219. The van der Waals surface area contributed by atoms with Gasteiger partial charge in [0.25, 0.3) is 0 Å². The first-order valence-electron chi connectivity index (χ1n) is 6.35. The molecule has 0 aliphatic heterocycles. The molecule has 2 N–H and O–H groups in total. The van der Waals surface area contributed by atoms with Crippen molar-refractivity contribution in [2.24, 2.45) is 0 Å². The number of para-hydroxylation sites is 1. The molecule has 1 aromatic heterocycles. The molecule has 0 atom stereocenters. The summed E-state index contributed by atoms with van der Waals surface area (Å²) in [7, 11) is 0. The molecule has 3 nitrogen and oxygen atoms in total. The first-order valence-corrected chi connectivity index (χ1v) is 6.35. The van der Waals surface area contributed by atoms with Crippen molar-refractivity contribution >= 4 is 5.69 Å². The fourth-order valence-corrected chi connectivity index (χ4v) is 2.15. The Hall–Kier alpha value is -2.62. The molecule has 0 aliphatic rings. The number of rotatable bonds is 3. The zero-order valence-corrected chi connectivity index (χ0v) is 10.8. The van der Waals surface area contributed by atoms with Gasteiger partial charge in [0, 0.05) is 28.6 Å². The summed E-state index contributed by atoms with van der Waals surface area (Å²) >= 11 is 0. The summed E-state index contributed by atoms with van der Waals surface area (Å²) in [5.41, 5.74) is 9.13. The lowest BCUT2D eigenvalue weighted by atomic mass is 10.1. The van der Waals surface area contributed by atoms with Crippen LogP contribution in [0.3, 0.4) is 0 Å². The average molecular weight is 267 g/mol. The highest BCUT2D eigenvalue weighted by Gasteiger charge is 2.06. The van der Waals surface area contributed by atoms with Crippen LogP contribution in [0.4, 0.5) is 10.1 Å². The minimum Gasteiger partial charge on any atom is -0.398 e. The molecule has 0 saturated carbocycles. The van der Waals surface area contributed by atoms with Crippen molar-refractivity contribution in [2.45, 2.75) is 6.54 Å². The van der Waals surface area contributed by atoms with Crippen LogP contribution in [-0.2, 0) is 6.54 Å². The SMILES string of the molecule is Nc1ccccc1-c1cnn(Cc2ccccc2F)c1. The van der Waals surface area contributed by atoms with Gasteiger partial charge in [-0.25, -0.2) is 4.39 Å². The molecule has 0 fully saturated rings. The van der Waals surface area contributed by atoms with Gasteiger partial charge in [-0.3, -0.25) is 4.68 Å². The van der Waals surface area contributed by atoms with Gasteiger partial charge in [-0.2, -0.15) is 5.10 Å². The fraction of sp³-hybridized carbons (Fsp3) is 0.0625. The van der Waals surface area contributed by atoms with E-state index >= 15 is 0 Å². The Kier molecular flexibility index (Phi) is 3.21. The van der Waals surface area contributed by atoms with Crippen molar-refractivity contribution in [3.05, 3.63) is 72.3 Å². The van der Waals surface area contributed by atoms with Gasteiger partial charge >= 0.3 is 0 Å². The highest BCUT2D eigenvalue weighted by molar-refractivity contribution is 5.75. The molecule has 1 heterocycles. The topological polar surface area (TPSA) is 43.8 Å². The van der Waals surface area contributed by atoms with E-state index in [0.717, 1.165) is 11.1 Å². The van der Waals surface area contributed by atoms with E-state index in [2.05, 4.69) is 5.10 Å². The largest absolute Gasteiger partial charge is 0.398 e. The minimum absolute atomic E-state index is 0.219. The second-order valence-corrected chi connectivity index (χ2v) is 4.61. The number of nitrogen functional groups attached to an aromatic ring is 1. The third-order valence-corrected chi connectivity index (χ3v) is 3.20. The zero-order chi connectivity index (χ0) is 13.9. The summed E-state index contributed by atoms with van der Waals surface area (Å²) in [5, 5.41) is 4.26. The van der Waals surface area contributed by atoms with Crippen molar-refractivity contribution in [2.75, 3.05) is 5.73 Å². The van der Waals surface area contributed by atoms with Gasteiger partial charge in [-0.05, 0) is 12.1 Å². The molecule has 2 aromatic carbocycles. The lowest BCUT2D eigenvalue weighted by molar-refractivity contribution is 0.585. The molecule has 0 bridgehead atoms. The molecule has 0 amide bonds. The Morgan fingerprint density at radius 3 is 2.60 bits per heavy atom. The van der Waals surface area contributed by atoms with Crippen LogP contribution in [0.5, 0.6) is 0 Å². The summed E-state index contributed by atoms with van der Waals surface area (Å²) in [4.78, 5) is 0. The molecule has 0 radical (unpaired) electrons. The first kappa shape index (κ1) is 12.4. The summed E-state index contributed by atoms with van der Waals surface area (Å²) in [6, 6.07) is 14.3. The third kappa shape index (κ3) is 2.40. The van der Waals surface area contributed by atoms with Crippen LogP contribution < -0.4 is 5.73 Å². The van der Waals surface area contributed by atoms with E-state index in [4.69, 9.17) is 5.73 Å². The van der Waals surface area contributed by atoms with E-state index in [0.29, 0.717) is 17.8 Å². The van der Waals surface area contributed by atoms with Crippen LogP contribution in [0.1, 0.15) is 5.56 Å². The Bertz CT molecular complexity index is 734. The number of anilines is 1. The summed E-state index contributed by atoms with van der Waals surface area (Å²) < 4.78 is 15.3. The molecule has 3 aromatic rings. The minimum atomic E-state index is -0.219. The van der Waals surface area contributed by atoms with Crippen molar-refractivity contribution < 1.29 is 4.39 Å². The van der Waals surface area contributed by atoms with Gasteiger partial charge in [-0.15, -0.1) is 0 Å². The van der Waals surface area contributed by atoms with Crippen molar-refractivity contribution in [3.63, 3.8) is 0 Å². The van der Waals surface area contributed by atoms with Gasteiger partial charge < -0.3 is 5.73 Å². The predicted molar refractivity (Wildman–Crippen MR) is 77.6 cm³/mol. The first-order chi connectivity index (χ1) is 9.74. The van der Waals surface area contributed by atoms with E-state index in [9.17, 15) is 4.39 Å². The highest BCUT2D eigenvalue weighted by Crippen LogP contribution is 2.24. The number of nitrogens with two attached hydrogens (primary N) is 1. The Labute approximate surface area is 116 Å². The smallest absolute Gasteiger partial charge is 0.128 e. The average Bonchev–Trinajstić information content (AvgIpc) is 2.90. The standard InChI is InChI=1S/C16H14FN3/c17-15-7-3-1-5-12(15)10-20-11-13(9-19-20)14-6-2-4-8-16(14)18/h1-9,11H,10,18H2. The highest BCUT2D eigenvalue weighted by atomic mass is 19.1. The number of hydrogen-bond donors (Lipinski definition) is 1. The van der Waals surface area contributed by atoms with Gasteiger partial charge in [-0.1, -0.05) is 36.4 Å². The number of nitrogens with zero attached hydrogens (tertiary/aromatic N) is 2. The lowest BCUT2D eigenvalue weighted by Crippen LogP contribution is -2.01. The zero-order valence-electron chi connectivity index (χ0n) is 10.8. The summed E-state index contributed by atoms with van der Waals surface area (Å²) in [6.45, 7) is 0.402. The van der Waals surface area contributed by atoms with Gasteiger partial charge in [0.05, 0.1) is 12.7 Å². The van der Waals surface area contributed by atoms with Crippen LogP contribution in [0.2, 0.25) is 0 Å². The van der Waals surface area contributed by atoms with Crippen LogP contribution in [0, 0.1) is 5.82 Å². The van der Waals surface area contributed by atoms with Crippen LogP contribution >= 0.6 is 0 Å². The fourth-order valence-electron chi connectivity index (χ4n) is 2.15. The number of aromatic nitrogens is 2. The molecule has 0 unspecified atom stereocenters. The number of halogens is 1. The summed E-state index contributed by atoms with van der Waals surface area (Å²) in [6.07, 6.45) is 3.62. The molecule has 0 aliphatic carbocycles. The Morgan fingerprint density at radius 2 is 1.80 bits per heavy atom. The molecule has 20 heavy (non-hydrogen) atoms. The predicted octanol–water partition coefficient (Wildman–Crippen LogP) is 3.32. The molecule has 0 saturated heterocycles. The van der Waals surface area contributed by atoms with Gasteiger partial charge in [0.1, 0.15) is 5.82 Å². The van der Waals surface area contributed by atoms with Crippen molar-refractivity contribution in [1.29, 1.82) is 0 Å². The Morgan fingerprint density at radius 1 is 1.05 bits per heavy atom. The lowest BCUT2D eigenvalue weighted by Gasteiger charge is -2.03. The van der Waals surface area contributed by atoms with Crippen LogP contribution in [0.25, 0.3) is 11.1 Å². The molecule has 0 spiro atoms. The molecule has 100 valence electrons. The van der Waals surface area contributed by atoms with E-state index in [1.807, 2.05) is 36.5 Å².